The first kappa shape index (κ1) is 21.8. The zero-order chi connectivity index (χ0) is 21.9. The molecule has 0 spiro atoms. The van der Waals surface area contributed by atoms with E-state index in [1.165, 1.54) is 24.4 Å². The summed E-state index contributed by atoms with van der Waals surface area (Å²) in [5.74, 6) is -0.189. The third-order valence-electron chi connectivity index (χ3n) is 4.94. The first-order valence-corrected chi connectivity index (χ1v) is 11.0. The predicted octanol–water partition coefficient (Wildman–Crippen LogP) is 2.75. The SMILES string of the molecule is COc1ccc(C)c(S(=O)(=O)N2CCC[C@H]2C(=O)Nc2cccc(NC(C)=O)c2)c1. The molecule has 3 rings (SSSR count). The summed E-state index contributed by atoms with van der Waals surface area (Å²) in [4.78, 5) is 24.3. The highest BCUT2D eigenvalue weighted by molar-refractivity contribution is 7.89. The molecule has 0 aromatic heterocycles. The molecule has 2 aromatic rings. The van der Waals surface area contributed by atoms with Crippen molar-refractivity contribution in [1.29, 1.82) is 0 Å². The van der Waals surface area contributed by atoms with Crippen molar-refractivity contribution in [2.45, 2.75) is 37.6 Å². The lowest BCUT2D eigenvalue weighted by molar-refractivity contribution is -0.119. The van der Waals surface area contributed by atoms with E-state index in [2.05, 4.69) is 10.6 Å². The fourth-order valence-corrected chi connectivity index (χ4v) is 5.40. The van der Waals surface area contributed by atoms with E-state index >= 15 is 0 Å². The van der Waals surface area contributed by atoms with Crippen LogP contribution in [0.3, 0.4) is 0 Å². The summed E-state index contributed by atoms with van der Waals surface area (Å²) >= 11 is 0. The second-order valence-corrected chi connectivity index (χ2v) is 9.02. The number of amides is 2. The first-order valence-electron chi connectivity index (χ1n) is 9.57. The van der Waals surface area contributed by atoms with Gasteiger partial charge in [0.1, 0.15) is 11.8 Å². The molecule has 1 aliphatic heterocycles. The van der Waals surface area contributed by atoms with Crippen LogP contribution in [-0.2, 0) is 19.6 Å². The second kappa shape index (κ2) is 8.85. The number of hydrogen-bond acceptors (Lipinski definition) is 5. The maximum atomic E-state index is 13.3. The maximum Gasteiger partial charge on any atom is 0.244 e. The molecular weight excluding hydrogens is 406 g/mol. The topological polar surface area (TPSA) is 105 Å². The highest BCUT2D eigenvalue weighted by Gasteiger charge is 2.40. The summed E-state index contributed by atoms with van der Waals surface area (Å²) in [6.07, 6.45) is 1.02. The minimum Gasteiger partial charge on any atom is -0.497 e. The molecule has 9 heteroatoms. The number of carbonyl (C=O) groups excluding carboxylic acids is 2. The smallest absolute Gasteiger partial charge is 0.244 e. The fourth-order valence-electron chi connectivity index (χ4n) is 3.51. The molecule has 30 heavy (non-hydrogen) atoms. The van der Waals surface area contributed by atoms with Gasteiger partial charge in [0.15, 0.2) is 0 Å². The second-order valence-electron chi connectivity index (χ2n) is 7.16. The largest absolute Gasteiger partial charge is 0.497 e. The van der Waals surface area contributed by atoms with Crippen molar-refractivity contribution in [1.82, 2.24) is 4.31 Å². The van der Waals surface area contributed by atoms with Gasteiger partial charge in [0.2, 0.25) is 21.8 Å². The fraction of sp³-hybridized carbons (Fsp3) is 0.333. The van der Waals surface area contributed by atoms with E-state index in [0.29, 0.717) is 35.5 Å². The van der Waals surface area contributed by atoms with E-state index in [0.717, 1.165) is 0 Å². The van der Waals surface area contributed by atoms with E-state index in [1.54, 1.807) is 43.3 Å². The number of sulfonamides is 1. The zero-order valence-electron chi connectivity index (χ0n) is 17.1. The monoisotopic (exact) mass is 431 g/mol. The number of rotatable bonds is 6. The number of nitrogens with one attached hydrogen (secondary N) is 2. The number of carbonyl (C=O) groups is 2. The van der Waals surface area contributed by atoms with Crippen LogP contribution in [-0.4, -0.2) is 44.2 Å². The number of hydrogen-bond donors (Lipinski definition) is 2. The molecule has 0 radical (unpaired) electrons. The molecule has 0 aliphatic carbocycles. The van der Waals surface area contributed by atoms with Crippen molar-refractivity contribution in [2.75, 3.05) is 24.3 Å². The minimum absolute atomic E-state index is 0.134. The summed E-state index contributed by atoms with van der Waals surface area (Å²) < 4.78 is 33.0. The van der Waals surface area contributed by atoms with Gasteiger partial charge < -0.3 is 15.4 Å². The molecule has 2 aromatic carbocycles. The van der Waals surface area contributed by atoms with Gasteiger partial charge in [-0.3, -0.25) is 9.59 Å². The van der Waals surface area contributed by atoms with E-state index in [-0.39, 0.29) is 17.3 Å². The molecule has 2 amide bonds. The summed E-state index contributed by atoms with van der Waals surface area (Å²) in [5, 5.41) is 5.42. The summed E-state index contributed by atoms with van der Waals surface area (Å²) in [6, 6.07) is 10.8. The van der Waals surface area contributed by atoms with Gasteiger partial charge >= 0.3 is 0 Å². The van der Waals surface area contributed by atoms with Crippen LogP contribution >= 0.6 is 0 Å². The van der Waals surface area contributed by atoms with E-state index < -0.39 is 22.0 Å². The van der Waals surface area contributed by atoms with Crippen LogP contribution in [0.15, 0.2) is 47.4 Å². The molecule has 0 saturated carbocycles. The molecule has 1 heterocycles. The van der Waals surface area contributed by atoms with Crippen molar-refractivity contribution < 1.29 is 22.7 Å². The van der Waals surface area contributed by atoms with Crippen LogP contribution in [0.2, 0.25) is 0 Å². The van der Waals surface area contributed by atoms with Crippen molar-refractivity contribution in [3.05, 3.63) is 48.0 Å². The molecular formula is C21H25N3O5S. The molecule has 1 fully saturated rings. The van der Waals surface area contributed by atoms with Crippen LogP contribution < -0.4 is 15.4 Å². The lowest BCUT2D eigenvalue weighted by Crippen LogP contribution is -2.43. The van der Waals surface area contributed by atoms with Gasteiger partial charge in [0.25, 0.3) is 0 Å². The molecule has 160 valence electrons. The quantitative estimate of drug-likeness (QED) is 0.732. The van der Waals surface area contributed by atoms with Crippen LogP contribution in [0.25, 0.3) is 0 Å². The van der Waals surface area contributed by atoms with E-state index in [1.807, 2.05) is 0 Å². The Kier molecular flexibility index (Phi) is 6.42. The van der Waals surface area contributed by atoms with Gasteiger partial charge in [-0.2, -0.15) is 4.31 Å². The zero-order valence-corrected chi connectivity index (χ0v) is 18.0. The van der Waals surface area contributed by atoms with Gasteiger partial charge in [-0.25, -0.2) is 8.42 Å². The lowest BCUT2D eigenvalue weighted by atomic mass is 10.2. The van der Waals surface area contributed by atoms with Crippen molar-refractivity contribution in [2.24, 2.45) is 0 Å². The Morgan fingerprint density at radius 2 is 1.80 bits per heavy atom. The molecule has 1 aliphatic rings. The lowest BCUT2D eigenvalue weighted by Gasteiger charge is -2.24. The molecule has 0 bridgehead atoms. The van der Waals surface area contributed by atoms with Crippen LogP contribution in [0.1, 0.15) is 25.3 Å². The predicted molar refractivity (Wildman–Crippen MR) is 114 cm³/mol. The molecule has 0 unspecified atom stereocenters. The number of nitrogens with zero attached hydrogens (tertiary/aromatic N) is 1. The number of ether oxygens (including phenoxy) is 1. The summed E-state index contributed by atoms with van der Waals surface area (Å²) in [6.45, 7) is 3.38. The van der Waals surface area contributed by atoms with Gasteiger partial charge in [-0.1, -0.05) is 12.1 Å². The Morgan fingerprint density at radius 3 is 2.47 bits per heavy atom. The number of methoxy groups -OCH3 is 1. The Balaban J connectivity index is 1.83. The van der Waals surface area contributed by atoms with Crippen LogP contribution in [0.4, 0.5) is 11.4 Å². The Labute approximate surface area is 176 Å². The average molecular weight is 432 g/mol. The summed E-state index contributed by atoms with van der Waals surface area (Å²) in [5.41, 5.74) is 1.61. The Bertz CT molecular complexity index is 1070. The molecule has 1 atom stereocenters. The highest BCUT2D eigenvalue weighted by Crippen LogP contribution is 2.30. The maximum absolute atomic E-state index is 13.3. The van der Waals surface area contributed by atoms with Crippen molar-refractivity contribution in [3.63, 3.8) is 0 Å². The Morgan fingerprint density at radius 1 is 1.10 bits per heavy atom. The van der Waals surface area contributed by atoms with Gasteiger partial charge in [0.05, 0.1) is 12.0 Å². The number of aryl methyl sites for hydroxylation is 1. The third-order valence-corrected chi connectivity index (χ3v) is 6.99. The average Bonchev–Trinajstić information content (AvgIpc) is 3.19. The van der Waals surface area contributed by atoms with Crippen molar-refractivity contribution in [3.8, 4) is 5.75 Å². The minimum atomic E-state index is -3.88. The van der Waals surface area contributed by atoms with Gasteiger partial charge in [-0.15, -0.1) is 0 Å². The normalized spacial score (nSPS) is 16.8. The summed E-state index contributed by atoms with van der Waals surface area (Å²) in [7, 11) is -2.40. The molecule has 1 saturated heterocycles. The van der Waals surface area contributed by atoms with Gasteiger partial charge in [0, 0.05) is 30.9 Å². The van der Waals surface area contributed by atoms with E-state index in [9.17, 15) is 18.0 Å². The van der Waals surface area contributed by atoms with Crippen molar-refractivity contribution >= 4 is 33.2 Å². The third kappa shape index (κ3) is 4.63. The standard InChI is InChI=1S/C21H25N3O5S/c1-14-9-10-18(29-3)13-20(14)30(27,28)24-11-5-8-19(24)21(26)23-17-7-4-6-16(12-17)22-15(2)25/h4,6-7,9-10,12-13,19H,5,8,11H2,1-3H3,(H,22,25)(H,23,26)/t19-/m0/s1. The van der Waals surface area contributed by atoms with Crippen LogP contribution in [0, 0.1) is 6.92 Å². The first-order chi connectivity index (χ1) is 14.2. The van der Waals surface area contributed by atoms with Crippen LogP contribution in [0.5, 0.6) is 5.75 Å². The Hall–Kier alpha value is -2.91. The van der Waals surface area contributed by atoms with Gasteiger partial charge in [-0.05, 0) is 49.6 Å². The highest BCUT2D eigenvalue weighted by atomic mass is 32.2. The molecule has 2 N–H and O–H groups in total. The number of benzene rings is 2. The molecule has 8 nitrogen and oxygen atoms in total. The number of anilines is 2. The van der Waals surface area contributed by atoms with E-state index in [4.69, 9.17) is 4.74 Å².